The van der Waals surface area contributed by atoms with Crippen LogP contribution in [0.15, 0.2) is 42.7 Å². The van der Waals surface area contributed by atoms with Gasteiger partial charge in [-0.05, 0) is 37.6 Å². The fraction of sp³-hybridized carbons (Fsp3) is 0.278. The number of aryl methyl sites for hydroxylation is 2. The Balaban J connectivity index is 1.46. The molecule has 0 fully saturated rings. The van der Waals surface area contributed by atoms with Gasteiger partial charge in [-0.25, -0.2) is 4.68 Å². The van der Waals surface area contributed by atoms with Crippen LogP contribution in [0.2, 0.25) is 10.0 Å². The van der Waals surface area contributed by atoms with Crippen molar-refractivity contribution in [2.45, 2.75) is 26.6 Å². The average Bonchev–Trinajstić information content (AvgIpc) is 3.29. The molecule has 1 aromatic carbocycles. The monoisotopic (exact) mass is 407 g/mol. The first kappa shape index (κ1) is 19.3. The fourth-order valence-corrected chi connectivity index (χ4v) is 2.79. The lowest BCUT2D eigenvalue weighted by atomic mass is 10.3. The van der Waals surface area contributed by atoms with Crippen LogP contribution >= 0.6 is 23.2 Å². The molecular formula is C18H19Cl2N5O2. The first-order valence-electron chi connectivity index (χ1n) is 8.41. The maximum atomic E-state index is 12.2. The van der Waals surface area contributed by atoms with Crippen LogP contribution in [0.4, 0.5) is 0 Å². The first-order valence-corrected chi connectivity index (χ1v) is 9.17. The van der Waals surface area contributed by atoms with Crippen LogP contribution in [-0.4, -0.2) is 32.0 Å². The summed E-state index contributed by atoms with van der Waals surface area (Å²) >= 11 is 12.0. The number of hydrogen-bond acceptors (Lipinski definition) is 4. The predicted octanol–water partition coefficient (Wildman–Crippen LogP) is 3.55. The van der Waals surface area contributed by atoms with Crippen LogP contribution in [0.3, 0.4) is 0 Å². The summed E-state index contributed by atoms with van der Waals surface area (Å²) in [6, 6.07) is 8.73. The Morgan fingerprint density at radius 3 is 2.89 bits per heavy atom. The minimum Gasteiger partial charge on any atom is -0.470 e. The maximum absolute atomic E-state index is 12.2. The van der Waals surface area contributed by atoms with E-state index < -0.39 is 0 Å². The van der Waals surface area contributed by atoms with E-state index in [4.69, 9.17) is 27.9 Å². The molecule has 3 aromatic rings. The largest absolute Gasteiger partial charge is 0.470 e. The van der Waals surface area contributed by atoms with Gasteiger partial charge in [-0.1, -0.05) is 29.3 Å². The van der Waals surface area contributed by atoms with Gasteiger partial charge in [0, 0.05) is 31.2 Å². The minimum atomic E-state index is -0.230. The number of ether oxygens (including phenoxy) is 1. The number of carbonyl (C=O) groups excluding carboxylic acids is 1. The Labute approximate surface area is 166 Å². The van der Waals surface area contributed by atoms with E-state index in [9.17, 15) is 4.79 Å². The number of nitrogens with zero attached hydrogens (tertiary/aromatic N) is 4. The Kier molecular flexibility index (Phi) is 6.36. The zero-order valence-electron chi connectivity index (χ0n) is 14.7. The highest BCUT2D eigenvalue weighted by Crippen LogP contribution is 2.31. The third-order valence-electron chi connectivity index (χ3n) is 3.90. The Hall–Kier alpha value is -2.51. The number of aromatic nitrogens is 4. The third-order valence-corrected chi connectivity index (χ3v) is 4.70. The number of benzene rings is 1. The average molecular weight is 408 g/mol. The van der Waals surface area contributed by atoms with Gasteiger partial charge in [-0.3, -0.25) is 9.48 Å². The van der Waals surface area contributed by atoms with Crippen molar-refractivity contribution in [2.24, 2.45) is 0 Å². The van der Waals surface area contributed by atoms with Gasteiger partial charge in [0.1, 0.15) is 16.5 Å². The quantitative estimate of drug-likeness (QED) is 0.579. The van der Waals surface area contributed by atoms with Crippen molar-refractivity contribution in [3.63, 3.8) is 0 Å². The highest BCUT2D eigenvalue weighted by atomic mass is 35.5. The highest BCUT2D eigenvalue weighted by molar-refractivity contribution is 6.42. The molecule has 9 heteroatoms. The lowest BCUT2D eigenvalue weighted by Gasteiger charge is -2.08. The van der Waals surface area contributed by atoms with Crippen molar-refractivity contribution in [2.75, 3.05) is 6.54 Å². The van der Waals surface area contributed by atoms with Crippen molar-refractivity contribution in [3.05, 3.63) is 64.2 Å². The van der Waals surface area contributed by atoms with Gasteiger partial charge in [-0.15, -0.1) is 0 Å². The molecule has 0 radical (unpaired) electrons. The molecule has 142 valence electrons. The van der Waals surface area contributed by atoms with Crippen LogP contribution in [0.1, 0.15) is 22.6 Å². The molecule has 27 heavy (non-hydrogen) atoms. The summed E-state index contributed by atoms with van der Waals surface area (Å²) < 4.78 is 9.01. The summed E-state index contributed by atoms with van der Waals surface area (Å²) in [4.78, 5) is 12.2. The third kappa shape index (κ3) is 5.02. The zero-order valence-corrected chi connectivity index (χ0v) is 16.2. The normalized spacial score (nSPS) is 10.8. The van der Waals surface area contributed by atoms with Crippen molar-refractivity contribution in [1.82, 2.24) is 24.9 Å². The van der Waals surface area contributed by atoms with Crippen LogP contribution in [0.5, 0.6) is 5.75 Å². The molecule has 1 amide bonds. The molecule has 0 saturated heterocycles. The standard InChI is InChI=1S/C18H19Cl2N5O2/c1-13-6-9-22-25(13)10-3-8-21-18(26)15-7-11-24(23-15)12-27-16-5-2-4-14(19)17(16)20/h2,4-7,9,11H,3,8,10,12H2,1H3,(H,21,26). The number of rotatable bonds is 8. The number of carbonyl (C=O) groups is 1. The molecular weight excluding hydrogens is 389 g/mol. The van der Waals surface area contributed by atoms with Crippen molar-refractivity contribution in [1.29, 1.82) is 0 Å². The molecule has 3 rings (SSSR count). The number of nitrogens with one attached hydrogen (secondary N) is 1. The number of amides is 1. The highest BCUT2D eigenvalue weighted by Gasteiger charge is 2.10. The summed E-state index contributed by atoms with van der Waals surface area (Å²) in [6.45, 7) is 3.41. The fourth-order valence-electron chi connectivity index (χ4n) is 2.44. The Bertz CT molecular complexity index is 922. The van der Waals surface area contributed by atoms with E-state index in [1.165, 1.54) is 4.68 Å². The molecule has 2 heterocycles. The van der Waals surface area contributed by atoms with Crippen molar-refractivity contribution >= 4 is 29.1 Å². The summed E-state index contributed by atoms with van der Waals surface area (Å²) in [6.07, 6.45) is 4.21. The molecule has 7 nitrogen and oxygen atoms in total. The SMILES string of the molecule is Cc1ccnn1CCCNC(=O)c1ccn(COc2cccc(Cl)c2Cl)n1. The van der Waals surface area contributed by atoms with E-state index in [0.29, 0.717) is 28.0 Å². The van der Waals surface area contributed by atoms with Crippen molar-refractivity contribution in [3.8, 4) is 5.75 Å². The van der Waals surface area contributed by atoms with E-state index in [0.717, 1.165) is 18.7 Å². The molecule has 2 aromatic heterocycles. The molecule has 0 aliphatic heterocycles. The van der Waals surface area contributed by atoms with Gasteiger partial charge >= 0.3 is 0 Å². The number of halogens is 2. The molecule has 0 spiro atoms. The number of hydrogen-bond donors (Lipinski definition) is 1. The van der Waals surface area contributed by atoms with E-state index in [1.807, 2.05) is 17.7 Å². The Morgan fingerprint density at radius 1 is 1.26 bits per heavy atom. The van der Waals surface area contributed by atoms with Gasteiger partial charge in [0.25, 0.3) is 5.91 Å². The molecule has 1 N–H and O–H groups in total. The topological polar surface area (TPSA) is 74.0 Å². The van der Waals surface area contributed by atoms with E-state index >= 15 is 0 Å². The van der Waals surface area contributed by atoms with Crippen molar-refractivity contribution < 1.29 is 9.53 Å². The van der Waals surface area contributed by atoms with E-state index in [-0.39, 0.29) is 12.6 Å². The molecule has 0 bridgehead atoms. The van der Waals surface area contributed by atoms with E-state index in [2.05, 4.69) is 15.5 Å². The van der Waals surface area contributed by atoms with E-state index in [1.54, 1.807) is 36.7 Å². The van der Waals surface area contributed by atoms with Crippen LogP contribution in [0, 0.1) is 6.92 Å². The van der Waals surface area contributed by atoms with Gasteiger partial charge in [0.15, 0.2) is 6.73 Å². The second-order valence-corrected chi connectivity index (χ2v) is 6.66. The second-order valence-electron chi connectivity index (χ2n) is 5.87. The first-order chi connectivity index (χ1) is 13.0. The minimum absolute atomic E-state index is 0.117. The molecule has 0 aliphatic carbocycles. The molecule has 0 unspecified atom stereocenters. The predicted molar refractivity (Wildman–Crippen MR) is 103 cm³/mol. The summed E-state index contributed by atoms with van der Waals surface area (Å²) in [5.41, 5.74) is 1.42. The van der Waals surface area contributed by atoms with Crippen LogP contribution < -0.4 is 10.1 Å². The van der Waals surface area contributed by atoms with Crippen LogP contribution in [-0.2, 0) is 13.3 Å². The summed E-state index contributed by atoms with van der Waals surface area (Å²) in [5, 5.41) is 12.0. The zero-order chi connectivity index (χ0) is 19.2. The second kappa shape index (κ2) is 8.92. The molecule has 0 saturated carbocycles. The Morgan fingerprint density at radius 2 is 2.11 bits per heavy atom. The van der Waals surface area contributed by atoms with Gasteiger partial charge in [-0.2, -0.15) is 10.2 Å². The van der Waals surface area contributed by atoms with Gasteiger partial charge in [0.2, 0.25) is 0 Å². The van der Waals surface area contributed by atoms with Crippen LogP contribution in [0.25, 0.3) is 0 Å². The smallest absolute Gasteiger partial charge is 0.271 e. The molecule has 0 aliphatic rings. The van der Waals surface area contributed by atoms with Gasteiger partial charge in [0.05, 0.1) is 5.02 Å². The lowest BCUT2D eigenvalue weighted by Crippen LogP contribution is -2.26. The summed E-state index contributed by atoms with van der Waals surface area (Å²) in [7, 11) is 0. The summed E-state index contributed by atoms with van der Waals surface area (Å²) in [5.74, 6) is 0.228. The molecule has 0 atom stereocenters. The maximum Gasteiger partial charge on any atom is 0.271 e. The lowest BCUT2D eigenvalue weighted by molar-refractivity contribution is 0.0945. The van der Waals surface area contributed by atoms with Gasteiger partial charge < -0.3 is 10.1 Å².